The first-order valence-electron chi connectivity index (χ1n) is 8.44. The van der Waals surface area contributed by atoms with E-state index in [9.17, 15) is 13.2 Å². The minimum Gasteiger partial charge on any atom is -0.271 e. The van der Waals surface area contributed by atoms with Crippen molar-refractivity contribution < 1.29 is 13.2 Å². The van der Waals surface area contributed by atoms with Crippen molar-refractivity contribution in [2.75, 3.05) is 17.1 Å². The summed E-state index contributed by atoms with van der Waals surface area (Å²) in [7, 11) is -3.57. The van der Waals surface area contributed by atoms with E-state index in [0.717, 1.165) is 46.4 Å². The third-order valence-corrected chi connectivity index (χ3v) is 5.74. The molecule has 0 heterocycles. The second-order valence-electron chi connectivity index (χ2n) is 6.23. The highest BCUT2D eigenvalue weighted by molar-refractivity contribution is 9.10. The molecule has 138 valence electrons. The molecule has 1 aromatic carbocycles. The molecule has 1 aliphatic carbocycles. The van der Waals surface area contributed by atoms with Crippen LogP contribution in [0.1, 0.15) is 44.9 Å². The highest BCUT2D eigenvalue weighted by Crippen LogP contribution is 2.20. The molecule has 25 heavy (non-hydrogen) atoms. The Morgan fingerprint density at radius 2 is 1.68 bits per heavy atom. The van der Waals surface area contributed by atoms with Crippen molar-refractivity contribution in [3.05, 3.63) is 28.7 Å². The van der Waals surface area contributed by atoms with Crippen LogP contribution in [-0.2, 0) is 14.8 Å². The van der Waals surface area contributed by atoms with Crippen molar-refractivity contribution in [2.24, 2.45) is 5.10 Å². The van der Waals surface area contributed by atoms with Crippen LogP contribution in [0.4, 0.5) is 5.69 Å². The molecule has 1 saturated carbocycles. The van der Waals surface area contributed by atoms with Gasteiger partial charge in [0.2, 0.25) is 10.0 Å². The zero-order valence-electron chi connectivity index (χ0n) is 14.4. The fourth-order valence-corrected chi connectivity index (χ4v) is 3.86. The first-order valence-corrected chi connectivity index (χ1v) is 11.1. The van der Waals surface area contributed by atoms with Crippen LogP contribution in [0.15, 0.2) is 33.8 Å². The van der Waals surface area contributed by atoms with E-state index in [1.807, 2.05) is 0 Å². The Morgan fingerprint density at radius 3 is 2.24 bits per heavy atom. The number of hydrazone groups is 1. The molecule has 0 saturated heterocycles. The fourth-order valence-electron chi connectivity index (χ4n) is 2.74. The van der Waals surface area contributed by atoms with Gasteiger partial charge < -0.3 is 0 Å². The summed E-state index contributed by atoms with van der Waals surface area (Å²) in [6.45, 7) is -0.294. The standard InChI is InChI=1S/C17H24BrN3O3S/c1-25(23,24)21(16-11-9-14(18)10-12-16)13-17(22)20-19-15-7-5-3-2-4-6-8-15/h9-12H,2-8,13H2,1H3,(H,20,22). The third-order valence-electron chi connectivity index (χ3n) is 4.07. The molecule has 0 spiro atoms. The second-order valence-corrected chi connectivity index (χ2v) is 9.05. The molecule has 0 unspecified atom stereocenters. The number of hydrogen-bond acceptors (Lipinski definition) is 4. The monoisotopic (exact) mass is 429 g/mol. The molecule has 0 radical (unpaired) electrons. The van der Waals surface area contributed by atoms with Crippen LogP contribution in [0.25, 0.3) is 0 Å². The zero-order chi connectivity index (χ0) is 18.3. The first kappa shape index (κ1) is 19.9. The fraction of sp³-hybridized carbons (Fsp3) is 0.529. The summed E-state index contributed by atoms with van der Waals surface area (Å²) in [5, 5.41) is 4.22. The molecule has 0 aliphatic heterocycles. The molecule has 1 amide bonds. The number of carbonyl (C=O) groups is 1. The van der Waals surface area contributed by atoms with Crippen LogP contribution in [-0.4, -0.2) is 32.8 Å². The van der Waals surface area contributed by atoms with Crippen molar-refractivity contribution in [1.82, 2.24) is 5.43 Å². The lowest BCUT2D eigenvalue weighted by Crippen LogP contribution is -2.39. The molecule has 2 rings (SSSR count). The van der Waals surface area contributed by atoms with Crippen LogP contribution >= 0.6 is 15.9 Å². The van der Waals surface area contributed by atoms with Crippen molar-refractivity contribution in [2.45, 2.75) is 44.9 Å². The lowest BCUT2D eigenvalue weighted by molar-refractivity contribution is -0.119. The van der Waals surface area contributed by atoms with Gasteiger partial charge in [-0.15, -0.1) is 0 Å². The van der Waals surface area contributed by atoms with E-state index >= 15 is 0 Å². The first-order chi connectivity index (χ1) is 11.9. The summed E-state index contributed by atoms with van der Waals surface area (Å²) in [6, 6.07) is 6.78. The number of carbonyl (C=O) groups excluding carboxylic acids is 1. The van der Waals surface area contributed by atoms with Crippen LogP contribution < -0.4 is 9.73 Å². The maximum Gasteiger partial charge on any atom is 0.260 e. The molecule has 0 bridgehead atoms. The van der Waals surface area contributed by atoms with E-state index in [1.165, 1.54) is 19.3 Å². The summed E-state index contributed by atoms with van der Waals surface area (Å²) < 4.78 is 26.0. The normalized spacial score (nSPS) is 15.8. The van der Waals surface area contributed by atoms with Gasteiger partial charge in [-0.3, -0.25) is 9.10 Å². The lowest BCUT2D eigenvalue weighted by Gasteiger charge is -2.21. The highest BCUT2D eigenvalue weighted by atomic mass is 79.9. The Bertz CT molecular complexity index is 707. The van der Waals surface area contributed by atoms with Gasteiger partial charge in [-0.2, -0.15) is 5.10 Å². The van der Waals surface area contributed by atoms with Gasteiger partial charge in [-0.05, 0) is 49.9 Å². The summed E-state index contributed by atoms with van der Waals surface area (Å²) in [5.41, 5.74) is 3.95. The van der Waals surface area contributed by atoms with E-state index in [4.69, 9.17) is 0 Å². The maximum absolute atomic E-state index is 12.2. The van der Waals surface area contributed by atoms with E-state index < -0.39 is 15.9 Å². The number of halogens is 1. The Hall–Kier alpha value is -1.41. The van der Waals surface area contributed by atoms with Gasteiger partial charge in [-0.25, -0.2) is 13.8 Å². The summed E-state index contributed by atoms with van der Waals surface area (Å²) >= 11 is 3.31. The zero-order valence-corrected chi connectivity index (χ0v) is 16.8. The average molecular weight is 430 g/mol. The molecule has 6 nitrogen and oxygen atoms in total. The molecule has 1 N–H and O–H groups in total. The number of anilines is 1. The Labute approximate surface area is 157 Å². The summed E-state index contributed by atoms with van der Waals surface area (Å²) in [6.07, 6.45) is 8.69. The van der Waals surface area contributed by atoms with Gasteiger partial charge in [0.25, 0.3) is 5.91 Å². The molecular weight excluding hydrogens is 406 g/mol. The van der Waals surface area contributed by atoms with Gasteiger partial charge in [-0.1, -0.05) is 35.2 Å². The molecule has 1 aromatic rings. The third kappa shape index (κ3) is 6.78. The second kappa shape index (κ2) is 9.33. The number of sulfonamides is 1. The van der Waals surface area contributed by atoms with Crippen molar-refractivity contribution in [1.29, 1.82) is 0 Å². The quantitative estimate of drug-likeness (QED) is 0.727. The van der Waals surface area contributed by atoms with E-state index in [2.05, 4.69) is 26.5 Å². The van der Waals surface area contributed by atoms with Crippen LogP contribution in [0.5, 0.6) is 0 Å². The minimum atomic E-state index is -3.57. The summed E-state index contributed by atoms with van der Waals surface area (Å²) in [5.74, 6) is -0.442. The molecule has 0 atom stereocenters. The number of hydrogen-bond donors (Lipinski definition) is 1. The number of nitrogens with one attached hydrogen (secondary N) is 1. The van der Waals surface area contributed by atoms with Gasteiger partial charge in [0, 0.05) is 10.2 Å². The predicted molar refractivity (Wildman–Crippen MR) is 104 cm³/mol. The molecule has 8 heteroatoms. The highest BCUT2D eigenvalue weighted by Gasteiger charge is 2.20. The van der Waals surface area contributed by atoms with E-state index in [-0.39, 0.29) is 6.54 Å². The molecule has 1 fully saturated rings. The average Bonchev–Trinajstić information content (AvgIpc) is 2.51. The maximum atomic E-state index is 12.2. The van der Waals surface area contributed by atoms with Gasteiger partial charge in [0.05, 0.1) is 11.9 Å². The smallest absolute Gasteiger partial charge is 0.260 e. The predicted octanol–water partition coefficient (Wildman–Crippen LogP) is 3.43. The molecular formula is C17H24BrN3O3S. The number of benzene rings is 1. The van der Waals surface area contributed by atoms with Crippen molar-refractivity contribution in [3.8, 4) is 0 Å². The Balaban J connectivity index is 2.03. The van der Waals surface area contributed by atoms with Crippen molar-refractivity contribution >= 4 is 43.3 Å². The largest absolute Gasteiger partial charge is 0.271 e. The van der Waals surface area contributed by atoms with Crippen LogP contribution in [0.3, 0.4) is 0 Å². The number of nitrogens with zero attached hydrogens (tertiary/aromatic N) is 2. The molecule has 1 aliphatic rings. The topological polar surface area (TPSA) is 78.8 Å². The van der Waals surface area contributed by atoms with Crippen LogP contribution in [0.2, 0.25) is 0 Å². The SMILES string of the molecule is CS(=O)(=O)N(CC(=O)NN=C1CCCCCCC1)c1ccc(Br)cc1. The lowest BCUT2D eigenvalue weighted by atomic mass is 9.99. The molecule has 0 aromatic heterocycles. The van der Waals surface area contributed by atoms with Crippen molar-refractivity contribution in [3.63, 3.8) is 0 Å². The number of rotatable bonds is 5. The minimum absolute atomic E-state index is 0.294. The van der Waals surface area contributed by atoms with Gasteiger partial charge in [0.1, 0.15) is 6.54 Å². The van der Waals surface area contributed by atoms with Gasteiger partial charge >= 0.3 is 0 Å². The summed E-state index contributed by atoms with van der Waals surface area (Å²) in [4.78, 5) is 12.2. The Kier molecular flexibility index (Phi) is 7.43. The Morgan fingerprint density at radius 1 is 1.12 bits per heavy atom. The van der Waals surface area contributed by atoms with Crippen LogP contribution in [0, 0.1) is 0 Å². The van der Waals surface area contributed by atoms with Gasteiger partial charge in [0.15, 0.2) is 0 Å². The number of amides is 1. The van der Waals surface area contributed by atoms with E-state index in [1.54, 1.807) is 24.3 Å². The van der Waals surface area contributed by atoms with E-state index in [0.29, 0.717) is 5.69 Å².